The second-order valence-corrected chi connectivity index (χ2v) is 8.06. The van der Waals surface area contributed by atoms with E-state index in [1.807, 2.05) is 86.5 Å². The first-order chi connectivity index (χ1) is 15.3. The van der Waals surface area contributed by atoms with Gasteiger partial charge in [0.15, 0.2) is 0 Å². The molecule has 0 unspecified atom stereocenters. The third kappa shape index (κ3) is 6.11. The molecule has 0 heterocycles. The Kier molecular flexibility index (Phi) is 7.49. The fourth-order valence-electron chi connectivity index (χ4n) is 3.17. The maximum atomic E-state index is 12.4. The zero-order valence-corrected chi connectivity index (χ0v) is 19.1. The van der Waals surface area contributed by atoms with Gasteiger partial charge in [-0.15, -0.1) is 0 Å². The van der Waals surface area contributed by atoms with Crippen LogP contribution in [0.25, 0.3) is 0 Å². The first-order valence-corrected chi connectivity index (χ1v) is 10.5. The molecule has 3 aromatic rings. The zero-order chi connectivity index (χ0) is 23.1. The van der Waals surface area contributed by atoms with Crippen molar-refractivity contribution < 1.29 is 9.59 Å². The van der Waals surface area contributed by atoms with Crippen LogP contribution in [0.1, 0.15) is 31.8 Å². The van der Waals surface area contributed by atoms with E-state index in [1.165, 1.54) is 0 Å². The molecule has 0 spiro atoms. The molecule has 0 aromatic heterocycles. The summed E-state index contributed by atoms with van der Waals surface area (Å²) in [5, 5.41) is 5.83. The molecule has 2 amide bonds. The molecule has 0 aliphatic rings. The highest BCUT2D eigenvalue weighted by Crippen LogP contribution is 2.13. The van der Waals surface area contributed by atoms with Gasteiger partial charge in [0.25, 0.3) is 11.8 Å². The molecule has 3 rings (SSSR count). The first-order valence-electron chi connectivity index (χ1n) is 10.5. The Hall–Kier alpha value is -3.80. The lowest BCUT2D eigenvalue weighted by Gasteiger charge is -2.13. The Morgan fingerprint density at radius 3 is 1.16 bits per heavy atom. The van der Waals surface area contributed by atoms with Crippen molar-refractivity contribution in [2.45, 2.75) is 13.1 Å². The summed E-state index contributed by atoms with van der Waals surface area (Å²) in [5.74, 6) is -0.343. The molecule has 0 fully saturated rings. The van der Waals surface area contributed by atoms with Gasteiger partial charge in [0.1, 0.15) is 0 Å². The molecule has 0 radical (unpaired) electrons. The molecular weight excluding hydrogens is 400 g/mol. The number of hydrogen-bond acceptors (Lipinski definition) is 4. The second kappa shape index (κ2) is 10.5. The predicted octanol–water partition coefficient (Wildman–Crippen LogP) is 3.68. The lowest BCUT2D eigenvalue weighted by atomic mass is 10.1. The van der Waals surface area contributed by atoms with Crippen molar-refractivity contribution in [1.29, 1.82) is 0 Å². The van der Waals surface area contributed by atoms with Crippen molar-refractivity contribution in [1.82, 2.24) is 10.6 Å². The number of nitrogens with one attached hydrogen (secondary N) is 2. The van der Waals surface area contributed by atoms with Crippen molar-refractivity contribution in [3.05, 3.63) is 95.1 Å². The summed E-state index contributed by atoms with van der Waals surface area (Å²) in [5.41, 5.74) is 5.31. The van der Waals surface area contributed by atoms with Gasteiger partial charge in [-0.2, -0.15) is 0 Å². The van der Waals surface area contributed by atoms with Gasteiger partial charge in [0, 0.05) is 63.8 Å². The van der Waals surface area contributed by atoms with E-state index in [0.717, 1.165) is 22.5 Å². The molecule has 0 aliphatic carbocycles. The maximum absolute atomic E-state index is 12.4. The molecule has 3 aromatic carbocycles. The van der Waals surface area contributed by atoms with Gasteiger partial charge in [0.2, 0.25) is 0 Å². The highest BCUT2D eigenvalue weighted by Gasteiger charge is 2.09. The van der Waals surface area contributed by atoms with E-state index >= 15 is 0 Å². The number of carbonyl (C=O) groups is 2. The first kappa shape index (κ1) is 22.9. The summed E-state index contributed by atoms with van der Waals surface area (Å²) in [4.78, 5) is 28.9. The Balaban J connectivity index is 1.50. The largest absolute Gasteiger partial charge is 0.378 e. The molecule has 6 nitrogen and oxygen atoms in total. The highest BCUT2D eigenvalue weighted by molar-refractivity contribution is 5.97. The molecule has 0 saturated carbocycles. The van der Waals surface area contributed by atoms with Crippen LogP contribution in [-0.2, 0) is 13.1 Å². The van der Waals surface area contributed by atoms with Gasteiger partial charge >= 0.3 is 0 Å². The van der Waals surface area contributed by atoms with Crippen molar-refractivity contribution in [2.75, 3.05) is 38.0 Å². The van der Waals surface area contributed by atoms with E-state index in [4.69, 9.17) is 0 Å². The molecule has 0 aliphatic heterocycles. The van der Waals surface area contributed by atoms with Gasteiger partial charge in [-0.3, -0.25) is 9.59 Å². The van der Waals surface area contributed by atoms with E-state index in [9.17, 15) is 9.59 Å². The van der Waals surface area contributed by atoms with Crippen molar-refractivity contribution in [3.8, 4) is 0 Å². The Labute approximate surface area is 189 Å². The summed E-state index contributed by atoms with van der Waals surface area (Å²) in [6.45, 7) is 0.892. The molecule has 0 saturated heterocycles. The quantitative estimate of drug-likeness (QED) is 0.572. The SMILES string of the molecule is CN(C)c1ccc(CNC(=O)c2ccc(C(=O)NCc3ccc(N(C)C)cc3)cc2)cc1. The summed E-state index contributed by atoms with van der Waals surface area (Å²) >= 11 is 0. The van der Waals surface area contributed by atoms with Gasteiger partial charge < -0.3 is 20.4 Å². The summed E-state index contributed by atoms with van der Waals surface area (Å²) in [6, 6.07) is 22.8. The topological polar surface area (TPSA) is 64.7 Å². The standard InChI is InChI=1S/C26H30N4O2/c1-29(2)23-13-5-19(6-14-23)17-27-25(31)21-9-11-22(12-10-21)26(32)28-18-20-7-15-24(16-8-20)30(3)4/h5-16H,17-18H2,1-4H3,(H,27,31)(H,28,32). The van der Waals surface area contributed by atoms with Crippen LogP contribution >= 0.6 is 0 Å². The minimum atomic E-state index is -0.172. The van der Waals surface area contributed by atoms with Crippen LogP contribution in [0, 0.1) is 0 Å². The normalized spacial score (nSPS) is 10.4. The van der Waals surface area contributed by atoms with Crippen LogP contribution in [0.2, 0.25) is 0 Å². The van der Waals surface area contributed by atoms with Gasteiger partial charge in [-0.05, 0) is 59.7 Å². The minimum Gasteiger partial charge on any atom is -0.378 e. The third-order valence-electron chi connectivity index (χ3n) is 5.22. The molecule has 32 heavy (non-hydrogen) atoms. The lowest BCUT2D eigenvalue weighted by Crippen LogP contribution is -2.24. The van der Waals surface area contributed by atoms with E-state index < -0.39 is 0 Å². The van der Waals surface area contributed by atoms with Crippen LogP contribution in [0.4, 0.5) is 11.4 Å². The Morgan fingerprint density at radius 1 is 0.562 bits per heavy atom. The number of carbonyl (C=O) groups excluding carboxylic acids is 2. The van der Waals surface area contributed by atoms with Crippen molar-refractivity contribution >= 4 is 23.2 Å². The number of nitrogens with zero attached hydrogens (tertiary/aromatic N) is 2. The lowest BCUT2D eigenvalue weighted by molar-refractivity contribution is 0.0939. The minimum absolute atomic E-state index is 0.172. The Morgan fingerprint density at radius 2 is 0.875 bits per heavy atom. The predicted molar refractivity (Wildman–Crippen MR) is 130 cm³/mol. The second-order valence-electron chi connectivity index (χ2n) is 8.06. The number of rotatable bonds is 8. The van der Waals surface area contributed by atoms with E-state index in [1.54, 1.807) is 24.3 Å². The molecule has 6 heteroatoms. The van der Waals surface area contributed by atoms with Gasteiger partial charge in [-0.25, -0.2) is 0 Å². The smallest absolute Gasteiger partial charge is 0.251 e. The third-order valence-corrected chi connectivity index (χ3v) is 5.22. The fraction of sp³-hybridized carbons (Fsp3) is 0.231. The number of hydrogen-bond donors (Lipinski definition) is 2. The molecule has 0 bridgehead atoms. The number of anilines is 2. The molecule has 0 atom stereocenters. The maximum Gasteiger partial charge on any atom is 0.251 e. The Bertz CT molecular complexity index is 954. The molecule has 2 N–H and O–H groups in total. The van der Waals surface area contributed by atoms with Crippen molar-refractivity contribution in [2.24, 2.45) is 0 Å². The number of amides is 2. The van der Waals surface area contributed by atoms with E-state index in [-0.39, 0.29) is 11.8 Å². The van der Waals surface area contributed by atoms with Crippen LogP contribution in [0.3, 0.4) is 0 Å². The molecule has 166 valence electrons. The van der Waals surface area contributed by atoms with E-state index in [0.29, 0.717) is 24.2 Å². The highest BCUT2D eigenvalue weighted by atomic mass is 16.2. The summed E-state index contributed by atoms with van der Waals surface area (Å²) in [6.07, 6.45) is 0. The van der Waals surface area contributed by atoms with Gasteiger partial charge in [0.05, 0.1) is 0 Å². The zero-order valence-electron chi connectivity index (χ0n) is 19.1. The van der Waals surface area contributed by atoms with Gasteiger partial charge in [-0.1, -0.05) is 24.3 Å². The number of benzene rings is 3. The van der Waals surface area contributed by atoms with E-state index in [2.05, 4.69) is 10.6 Å². The van der Waals surface area contributed by atoms with Crippen LogP contribution in [0.5, 0.6) is 0 Å². The van der Waals surface area contributed by atoms with Crippen molar-refractivity contribution in [3.63, 3.8) is 0 Å². The average Bonchev–Trinajstić information content (AvgIpc) is 2.81. The fourth-order valence-corrected chi connectivity index (χ4v) is 3.17. The summed E-state index contributed by atoms with van der Waals surface area (Å²) < 4.78 is 0. The molecular formula is C26H30N4O2. The monoisotopic (exact) mass is 430 g/mol. The summed E-state index contributed by atoms with van der Waals surface area (Å²) in [7, 11) is 7.96. The van der Waals surface area contributed by atoms with Crippen LogP contribution < -0.4 is 20.4 Å². The van der Waals surface area contributed by atoms with Crippen LogP contribution in [0.15, 0.2) is 72.8 Å². The average molecular weight is 431 g/mol. The van der Waals surface area contributed by atoms with Crippen LogP contribution in [-0.4, -0.2) is 40.0 Å².